The molecule has 0 unspecified atom stereocenters. The average Bonchev–Trinajstić information content (AvgIpc) is 2.85. The summed E-state index contributed by atoms with van der Waals surface area (Å²) in [5.41, 5.74) is 0. The Bertz CT molecular complexity index is 168. The number of esters is 1. The number of unbranched alkanes of at least 4 members (excludes halogenated alkanes) is 1. The predicted octanol–water partition coefficient (Wildman–Crippen LogP) is 1.75. The van der Waals surface area contributed by atoms with Crippen LogP contribution in [0.25, 0.3) is 0 Å². The standard InChI is InChI=1S/C10H18O3/c1-3-5-6-13-9-7-8(9)10(11)12-4-2/h8-9H,3-7H2,1-2H3/t8-,9+/m0/s1. The third-order valence-electron chi connectivity index (χ3n) is 2.15. The summed E-state index contributed by atoms with van der Waals surface area (Å²) in [6.45, 7) is 5.19. The van der Waals surface area contributed by atoms with Gasteiger partial charge >= 0.3 is 5.97 Å². The first kappa shape index (κ1) is 10.5. The summed E-state index contributed by atoms with van der Waals surface area (Å²) in [6, 6.07) is 0. The van der Waals surface area contributed by atoms with Gasteiger partial charge in [0.05, 0.1) is 18.6 Å². The number of hydrogen-bond donors (Lipinski definition) is 0. The van der Waals surface area contributed by atoms with Gasteiger partial charge in [-0.25, -0.2) is 0 Å². The summed E-state index contributed by atoms with van der Waals surface area (Å²) in [5, 5.41) is 0. The molecule has 0 aromatic carbocycles. The van der Waals surface area contributed by atoms with E-state index in [1.165, 1.54) is 0 Å². The van der Waals surface area contributed by atoms with Gasteiger partial charge in [-0.2, -0.15) is 0 Å². The van der Waals surface area contributed by atoms with E-state index in [0.29, 0.717) is 6.61 Å². The zero-order chi connectivity index (χ0) is 9.68. The van der Waals surface area contributed by atoms with Gasteiger partial charge in [0.2, 0.25) is 0 Å². The van der Waals surface area contributed by atoms with Gasteiger partial charge in [0.1, 0.15) is 0 Å². The van der Waals surface area contributed by atoms with Crippen LogP contribution in [-0.4, -0.2) is 25.3 Å². The number of carbonyl (C=O) groups excluding carboxylic acids is 1. The van der Waals surface area contributed by atoms with Gasteiger partial charge in [-0.05, 0) is 19.8 Å². The van der Waals surface area contributed by atoms with Crippen LogP contribution in [0.15, 0.2) is 0 Å². The fraction of sp³-hybridized carbons (Fsp3) is 0.900. The van der Waals surface area contributed by atoms with Crippen LogP contribution >= 0.6 is 0 Å². The average molecular weight is 186 g/mol. The van der Waals surface area contributed by atoms with Gasteiger partial charge in [-0.15, -0.1) is 0 Å². The van der Waals surface area contributed by atoms with Crippen LogP contribution in [0.2, 0.25) is 0 Å². The molecule has 0 spiro atoms. The van der Waals surface area contributed by atoms with Crippen molar-refractivity contribution in [2.75, 3.05) is 13.2 Å². The highest BCUT2D eigenvalue weighted by Crippen LogP contribution is 2.34. The minimum absolute atomic E-state index is 0.0248. The molecule has 0 aromatic heterocycles. The first-order valence-electron chi connectivity index (χ1n) is 5.07. The molecule has 0 amide bonds. The smallest absolute Gasteiger partial charge is 0.311 e. The monoisotopic (exact) mass is 186 g/mol. The molecule has 1 aliphatic rings. The summed E-state index contributed by atoms with van der Waals surface area (Å²) >= 11 is 0. The summed E-state index contributed by atoms with van der Waals surface area (Å²) in [6.07, 6.45) is 3.20. The Labute approximate surface area is 79.4 Å². The summed E-state index contributed by atoms with van der Waals surface area (Å²) in [4.78, 5) is 11.1. The van der Waals surface area contributed by atoms with Crippen molar-refractivity contribution in [1.29, 1.82) is 0 Å². The zero-order valence-electron chi connectivity index (χ0n) is 8.41. The molecule has 1 aliphatic carbocycles. The third-order valence-corrected chi connectivity index (χ3v) is 2.15. The molecule has 3 heteroatoms. The lowest BCUT2D eigenvalue weighted by molar-refractivity contribution is -0.145. The molecule has 3 nitrogen and oxygen atoms in total. The molecule has 0 radical (unpaired) electrons. The van der Waals surface area contributed by atoms with E-state index in [-0.39, 0.29) is 18.0 Å². The summed E-state index contributed by atoms with van der Waals surface area (Å²) < 4.78 is 10.4. The maximum absolute atomic E-state index is 11.1. The molecule has 2 atom stereocenters. The van der Waals surface area contributed by atoms with Gasteiger partial charge in [-0.1, -0.05) is 13.3 Å². The maximum Gasteiger partial charge on any atom is 0.311 e. The van der Waals surface area contributed by atoms with E-state index in [2.05, 4.69) is 6.92 Å². The maximum atomic E-state index is 11.1. The lowest BCUT2D eigenvalue weighted by atomic mass is 10.4. The molecule has 0 saturated heterocycles. The molecule has 0 aromatic rings. The van der Waals surface area contributed by atoms with E-state index in [0.717, 1.165) is 25.9 Å². The Balaban J connectivity index is 2.04. The van der Waals surface area contributed by atoms with E-state index >= 15 is 0 Å². The van der Waals surface area contributed by atoms with Crippen LogP contribution in [0, 0.1) is 5.92 Å². The Morgan fingerprint density at radius 3 is 2.85 bits per heavy atom. The van der Waals surface area contributed by atoms with Gasteiger partial charge in [-0.3, -0.25) is 4.79 Å². The second-order valence-electron chi connectivity index (χ2n) is 3.36. The Morgan fingerprint density at radius 1 is 1.46 bits per heavy atom. The highest BCUT2D eigenvalue weighted by atomic mass is 16.5. The van der Waals surface area contributed by atoms with E-state index in [4.69, 9.17) is 9.47 Å². The van der Waals surface area contributed by atoms with E-state index in [1.807, 2.05) is 6.92 Å². The van der Waals surface area contributed by atoms with Crippen molar-refractivity contribution >= 4 is 5.97 Å². The fourth-order valence-electron chi connectivity index (χ4n) is 1.23. The predicted molar refractivity (Wildman–Crippen MR) is 49.4 cm³/mol. The Hall–Kier alpha value is -0.570. The van der Waals surface area contributed by atoms with Crippen molar-refractivity contribution < 1.29 is 14.3 Å². The van der Waals surface area contributed by atoms with Crippen LogP contribution < -0.4 is 0 Å². The summed E-state index contributed by atoms with van der Waals surface area (Å²) in [5.74, 6) is -0.0687. The molecular weight excluding hydrogens is 168 g/mol. The largest absolute Gasteiger partial charge is 0.466 e. The van der Waals surface area contributed by atoms with Crippen molar-refractivity contribution in [1.82, 2.24) is 0 Å². The highest BCUT2D eigenvalue weighted by Gasteiger charge is 2.45. The Kier molecular flexibility index (Phi) is 4.22. The quantitative estimate of drug-likeness (QED) is 0.468. The van der Waals surface area contributed by atoms with Crippen LogP contribution in [0.3, 0.4) is 0 Å². The lowest BCUT2D eigenvalue weighted by Gasteiger charge is -2.02. The normalized spacial score (nSPS) is 25.7. The Morgan fingerprint density at radius 2 is 2.23 bits per heavy atom. The first-order chi connectivity index (χ1) is 6.29. The molecule has 76 valence electrons. The molecule has 0 N–H and O–H groups in total. The van der Waals surface area contributed by atoms with Crippen LogP contribution in [-0.2, 0) is 14.3 Å². The second kappa shape index (κ2) is 5.22. The molecule has 1 rings (SSSR count). The number of carbonyl (C=O) groups is 1. The van der Waals surface area contributed by atoms with Crippen molar-refractivity contribution in [2.45, 2.75) is 39.2 Å². The van der Waals surface area contributed by atoms with Gasteiger partial charge in [0, 0.05) is 6.61 Å². The number of hydrogen-bond acceptors (Lipinski definition) is 3. The van der Waals surface area contributed by atoms with E-state index in [1.54, 1.807) is 0 Å². The van der Waals surface area contributed by atoms with Crippen LogP contribution in [0.5, 0.6) is 0 Å². The topological polar surface area (TPSA) is 35.5 Å². The van der Waals surface area contributed by atoms with E-state index in [9.17, 15) is 4.79 Å². The van der Waals surface area contributed by atoms with Crippen molar-refractivity contribution in [3.63, 3.8) is 0 Å². The number of ether oxygens (including phenoxy) is 2. The molecule has 0 heterocycles. The van der Waals surface area contributed by atoms with Gasteiger partial charge in [0.15, 0.2) is 0 Å². The molecular formula is C10H18O3. The fourth-order valence-corrected chi connectivity index (χ4v) is 1.23. The SMILES string of the molecule is CCCCO[C@@H]1C[C@@H]1C(=O)OCC. The zero-order valence-corrected chi connectivity index (χ0v) is 8.41. The van der Waals surface area contributed by atoms with Crippen LogP contribution in [0.1, 0.15) is 33.1 Å². The lowest BCUT2D eigenvalue weighted by Crippen LogP contribution is -2.10. The minimum Gasteiger partial charge on any atom is -0.466 e. The molecule has 13 heavy (non-hydrogen) atoms. The summed E-state index contributed by atoms with van der Waals surface area (Å²) in [7, 11) is 0. The minimum atomic E-state index is -0.0935. The molecule has 0 bridgehead atoms. The second-order valence-corrected chi connectivity index (χ2v) is 3.36. The number of rotatable bonds is 6. The highest BCUT2D eigenvalue weighted by molar-refractivity contribution is 5.76. The molecule has 1 saturated carbocycles. The molecule has 1 fully saturated rings. The van der Waals surface area contributed by atoms with Crippen molar-refractivity contribution in [3.05, 3.63) is 0 Å². The van der Waals surface area contributed by atoms with Crippen molar-refractivity contribution in [2.24, 2.45) is 5.92 Å². The van der Waals surface area contributed by atoms with E-state index < -0.39 is 0 Å². The van der Waals surface area contributed by atoms with Gasteiger partial charge < -0.3 is 9.47 Å². The van der Waals surface area contributed by atoms with Gasteiger partial charge in [0.25, 0.3) is 0 Å². The third kappa shape index (κ3) is 3.35. The first-order valence-corrected chi connectivity index (χ1v) is 5.07. The molecule has 0 aliphatic heterocycles. The van der Waals surface area contributed by atoms with Crippen LogP contribution in [0.4, 0.5) is 0 Å². The van der Waals surface area contributed by atoms with Crippen molar-refractivity contribution in [3.8, 4) is 0 Å².